The Morgan fingerprint density at radius 3 is 1.39 bits per heavy atom. The van der Waals surface area contributed by atoms with Gasteiger partial charge in [0.1, 0.15) is 6.54 Å². The Morgan fingerprint density at radius 2 is 1.03 bits per heavy atom. The predicted molar refractivity (Wildman–Crippen MR) is 139 cm³/mol. The summed E-state index contributed by atoms with van der Waals surface area (Å²) in [5, 5.41) is 0. The van der Waals surface area contributed by atoms with Gasteiger partial charge in [-0.1, -0.05) is 127 Å². The van der Waals surface area contributed by atoms with Crippen LogP contribution >= 0.6 is 0 Å². The molecular formula is C27H51NO4S. The van der Waals surface area contributed by atoms with E-state index in [1.807, 2.05) is 0 Å². The minimum Gasteiger partial charge on any atom is -0.726 e. The van der Waals surface area contributed by atoms with Crippen LogP contribution in [0.5, 0.6) is 0 Å². The SMILES string of the molecule is CCCCCCCCCCCCCCCCCC[N+](C)(C)Cc1ccccc1.O=S(=O)([O-])O. The number of rotatable bonds is 19. The predicted octanol–water partition coefficient (Wildman–Crippen LogP) is 7.53. The number of hydrogen-bond donors (Lipinski definition) is 1. The highest BCUT2D eigenvalue weighted by Crippen LogP contribution is 2.15. The summed E-state index contributed by atoms with van der Waals surface area (Å²) in [4.78, 5) is 0. The lowest BCUT2D eigenvalue weighted by molar-refractivity contribution is -0.903. The van der Waals surface area contributed by atoms with Gasteiger partial charge in [-0.25, -0.2) is 8.42 Å². The van der Waals surface area contributed by atoms with Crippen molar-refractivity contribution in [2.75, 3.05) is 20.6 Å². The van der Waals surface area contributed by atoms with Gasteiger partial charge in [0.25, 0.3) is 0 Å². The molecule has 0 amide bonds. The first kappa shape index (κ1) is 32.0. The highest BCUT2D eigenvalue weighted by molar-refractivity contribution is 7.79. The van der Waals surface area contributed by atoms with Gasteiger partial charge in [0.15, 0.2) is 0 Å². The average Bonchev–Trinajstić information content (AvgIpc) is 2.72. The Bertz CT molecular complexity index is 639. The first-order valence-corrected chi connectivity index (χ1v) is 14.5. The van der Waals surface area contributed by atoms with E-state index in [4.69, 9.17) is 17.5 Å². The number of hydrogen-bond acceptors (Lipinski definition) is 3. The molecular weight excluding hydrogens is 434 g/mol. The Labute approximate surface area is 205 Å². The quantitative estimate of drug-likeness (QED) is 0.0950. The summed E-state index contributed by atoms with van der Waals surface area (Å²) in [6.07, 6.45) is 23.2. The van der Waals surface area contributed by atoms with Crippen molar-refractivity contribution < 1.29 is 22.0 Å². The van der Waals surface area contributed by atoms with Gasteiger partial charge in [0, 0.05) is 5.56 Å². The second-order valence-electron chi connectivity index (χ2n) is 10.0. The fourth-order valence-electron chi connectivity index (χ4n) is 4.24. The van der Waals surface area contributed by atoms with E-state index in [0.29, 0.717) is 0 Å². The number of quaternary nitrogens is 1. The van der Waals surface area contributed by atoms with E-state index < -0.39 is 10.4 Å². The van der Waals surface area contributed by atoms with Gasteiger partial charge in [0.05, 0.1) is 20.6 Å². The Balaban J connectivity index is 0.00000184. The van der Waals surface area contributed by atoms with E-state index in [-0.39, 0.29) is 0 Å². The van der Waals surface area contributed by atoms with Gasteiger partial charge < -0.3 is 9.04 Å². The normalized spacial score (nSPS) is 11.8. The molecule has 33 heavy (non-hydrogen) atoms. The molecule has 0 unspecified atom stereocenters. The van der Waals surface area contributed by atoms with Crippen molar-refractivity contribution in [2.45, 2.75) is 116 Å². The van der Waals surface area contributed by atoms with Crippen molar-refractivity contribution in [3.8, 4) is 0 Å². The van der Waals surface area contributed by atoms with Crippen LogP contribution in [0.3, 0.4) is 0 Å². The Morgan fingerprint density at radius 1 is 0.697 bits per heavy atom. The fraction of sp³-hybridized carbons (Fsp3) is 0.778. The summed E-state index contributed by atoms with van der Waals surface area (Å²) in [6, 6.07) is 10.9. The smallest absolute Gasteiger partial charge is 0.215 e. The van der Waals surface area contributed by atoms with Gasteiger partial charge in [0.2, 0.25) is 10.4 Å². The van der Waals surface area contributed by atoms with Gasteiger partial charge in [-0.05, 0) is 12.8 Å². The maximum Gasteiger partial charge on any atom is 0.215 e. The maximum absolute atomic E-state index is 8.63. The molecule has 0 bridgehead atoms. The molecule has 5 nitrogen and oxygen atoms in total. The van der Waals surface area contributed by atoms with Crippen molar-refractivity contribution in [1.29, 1.82) is 0 Å². The van der Waals surface area contributed by atoms with E-state index >= 15 is 0 Å². The van der Waals surface area contributed by atoms with E-state index in [9.17, 15) is 0 Å². The van der Waals surface area contributed by atoms with Crippen molar-refractivity contribution in [3.05, 3.63) is 35.9 Å². The molecule has 0 atom stereocenters. The van der Waals surface area contributed by atoms with Crippen LogP contribution in [0.1, 0.15) is 115 Å². The van der Waals surface area contributed by atoms with Crippen LogP contribution in [0, 0.1) is 0 Å². The van der Waals surface area contributed by atoms with Crippen molar-refractivity contribution in [1.82, 2.24) is 0 Å². The van der Waals surface area contributed by atoms with Crippen LogP contribution in [0.25, 0.3) is 0 Å². The van der Waals surface area contributed by atoms with Gasteiger partial charge in [-0.2, -0.15) is 0 Å². The van der Waals surface area contributed by atoms with E-state index in [1.54, 1.807) is 0 Å². The minimum absolute atomic E-state index is 1.11. The molecule has 1 aromatic rings. The molecule has 0 spiro atoms. The summed E-state index contributed by atoms with van der Waals surface area (Å²) in [7, 11) is -0.170. The molecule has 1 N–H and O–H groups in total. The highest BCUT2D eigenvalue weighted by Gasteiger charge is 2.14. The van der Waals surface area contributed by atoms with Gasteiger partial charge >= 0.3 is 0 Å². The first-order valence-electron chi connectivity index (χ1n) is 13.2. The summed E-state index contributed by atoms with van der Waals surface area (Å²) >= 11 is 0. The van der Waals surface area contributed by atoms with E-state index in [1.165, 1.54) is 115 Å². The molecule has 0 saturated heterocycles. The molecule has 0 aliphatic heterocycles. The molecule has 0 aliphatic rings. The van der Waals surface area contributed by atoms with Gasteiger partial charge in [-0.3, -0.25) is 4.55 Å². The number of unbranched alkanes of at least 4 members (excludes halogenated alkanes) is 15. The zero-order valence-electron chi connectivity index (χ0n) is 21.6. The molecule has 1 aromatic carbocycles. The molecule has 194 valence electrons. The second-order valence-corrected chi connectivity index (χ2v) is 10.9. The summed E-state index contributed by atoms with van der Waals surface area (Å²) in [5.74, 6) is 0. The lowest BCUT2D eigenvalue weighted by Crippen LogP contribution is -2.39. The van der Waals surface area contributed by atoms with Crippen LogP contribution in [0.4, 0.5) is 0 Å². The maximum atomic E-state index is 8.63. The summed E-state index contributed by atoms with van der Waals surface area (Å²) < 4.78 is 33.9. The highest BCUT2D eigenvalue weighted by atomic mass is 32.3. The molecule has 6 heteroatoms. The summed E-state index contributed by atoms with van der Waals surface area (Å²) in [6.45, 7) is 4.75. The number of benzene rings is 1. The topological polar surface area (TPSA) is 77.4 Å². The molecule has 0 saturated carbocycles. The van der Waals surface area contributed by atoms with Crippen LogP contribution < -0.4 is 0 Å². The van der Waals surface area contributed by atoms with Crippen molar-refractivity contribution >= 4 is 10.4 Å². The molecule has 0 fully saturated rings. The molecule has 1 rings (SSSR count). The van der Waals surface area contributed by atoms with Crippen LogP contribution in [0.15, 0.2) is 30.3 Å². The first-order chi connectivity index (χ1) is 15.6. The zero-order valence-corrected chi connectivity index (χ0v) is 22.5. The molecule has 0 aromatic heterocycles. The molecule has 0 heterocycles. The lowest BCUT2D eigenvalue weighted by atomic mass is 10.0. The largest absolute Gasteiger partial charge is 0.726 e. The zero-order chi connectivity index (χ0) is 24.8. The third-order valence-electron chi connectivity index (χ3n) is 6.07. The minimum atomic E-state index is -4.92. The summed E-state index contributed by atoms with van der Waals surface area (Å²) in [5.41, 5.74) is 1.46. The van der Waals surface area contributed by atoms with Crippen LogP contribution in [-0.2, 0) is 16.9 Å². The van der Waals surface area contributed by atoms with Gasteiger partial charge in [-0.15, -0.1) is 0 Å². The van der Waals surface area contributed by atoms with Crippen molar-refractivity contribution in [3.63, 3.8) is 0 Å². The van der Waals surface area contributed by atoms with E-state index in [0.717, 1.165) is 11.0 Å². The third-order valence-corrected chi connectivity index (χ3v) is 6.07. The van der Waals surface area contributed by atoms with Crippen LogP contribution in [0.2, 0.25) is 0 Å². The second kappa shape index (κ2) is 20.4. The molecule has 0 aliphatic carbocycles. The Hall–Kier alpha value is -0.950. The van der Waals surface area contributed by atoms with Crippen molar-refractivity contribution in [2.24, 2.45) is 0 Å². The van der Waals surface area contributed by atoms with E-state index in [2.05, 4.69) is 51.4 Å². The number of nitrogens with zero attached hydrogens (tertiary/aromatic N) is 1. The Kier molecular flexibility index (Phi) is 19.8. The monoisotopic (exact) mass is 485 g/mol. The average molecular weight is 486 g/mol. The lowest BCUT2D eigenvalue weighted by Gasteiger charge is -2.30. The fourth-order valence-corrected chi connectivity index (χ4v) is 4.24. The standard InChI is InChI=1S/C27H50N.H2O4S/c1-4-5-6-7-8-9-10-11-12-13-14-15-16-17-18-22-25-28(2,3)26-27-23-20-19-21-24-27;1-5(2,3)4/h19-21,23-24H,4-18,22,25-26H2,1-3H3;(H2,1,2,3,4)/q+1;/p-1. The third kappa shape index (κ3) is 27.2. The van der Waals surface area contributed by atoms with Crippen LogP contribution in [-0.4, -0.2) is 42.6 Å². The molecule has 0 radical (unpaired) electrons.